The van der Waals surface area contributed by atoms with Crippen LogP contribution in [0.2, 0.25) is 5.02 Å². The van der Waals surface area contributed by atoms with Crippen molar-refractivity contribution >= 4 is 52.2 Å². The van der Waals surface area contributed by atoms with Gasteiger partial charge in [0.25, 0.3) is 17.1 Å². The fourth-order valence-corrected chi connectivity index (χ4v) is 4.06. The van der Waals surface area contributed by atoms with Gasteiger partial charge in [0.2, 0.25) is 0 Å². The molecule has 1 N–H and O–H groups in total. The summed E-state index contributed by atoms with van der Waals surface area (Å²) in [6.45, 7) is 0.130. The molecule has 154 valence electrons. The number of hydrogen-bond acceptors (Lipinski definition) is 4. The maximum Gasteiger partial charge on any atom is 0.293 e. The van der Waals surface area contributed by atoms with Gasteiger partial charge < -0.3 is 5.32 Å². The van der Waals surface area contributed by atoms with Gasteiger partial charge in [0, 0.05) is 16.3 Å². The Morgan fingerprint density at radius 3 is 2.32 bits per heavy atom. The number of rotatable bonds is 5. The number of halogens is 1. The second-order valence-corrected chi connectivity index (χ2v) is 8.21. The van der Waals surface area contributed by atoms with E-state index in [1.165, 1.54) is 4.90 Å². The zero-order valence-electron chi connectivity index (χ0n) is 16.2. The van der Waals surface area contributed by atoms with Crippen molar-refractivity contribution < 1.29 is 14.4 Å². The third-order valence-corrected chi connectivity index (χ3v) is 5.91. The number of anilines is 1. The molecule has 0 aromatic heterocycles. The molecule has 1 aliphatic heterocycles. The Hall–Kier alpha value is -3.35. The van der Waals surface area contributed by atoms with Gasteiger partial charge in [-0.1, -0.05) is 60.1 Å². The Labute approximate surface area is 188 Å². The van der Waals surface area contributed by atoms with Crippen molar-refractivity contribution in [2.75, 3.05) is 5.32 Å². The normalized spacial score (nSPS) is 14.9. The molecular formula is C24H17ClN2O3S. The molecule has 3 aromatic carbocycles. The van der Waals surface area contributed by atoms with Crippen LogP contribution in [-0.2, 0) is 11.3 Å². The largest absolute Gasteiger partial charge is 0.322 e. The van der Waals surface area contributed by atoms with Gasteiger partial charge in [-0.2, -0.15) is 0 Å². The van der Waals surface area contributed by atoms with E-state index in [0.29, 0.717) is 26.7 Å². The second kappa shape index (κ2) is 9.20. The second-order valence-electron chi connectivity index (χ2n) is 6.81. The minimum atomic E-state index is -0.360. The molecule has 3 aromatic rings. The Balaban J connectivity index is 1.44. The molecule has 7 heteroatoms. The molecule has 0 bridgehead atoms. The number of benzene rings is 3. The highest BCUT2D eigenvalue weighted by Gasteiger charge is 2.35. The minimum Gasteiger partial charge on any atom is -0.322 e. The highest BCUT2D eigenvalue weighted by molar-refractivity contribution is 8.18. The summed E-state index contributed by atoms with van der Waals surface area (Å²) in [7, 11) is 0. The van der Waals surface area contributed by atoms with Crippen molar-refractivity contribution in [3.05, 3.63) is 105 Å². The van der Waals surface area contributed by atoms with Crippen LogP contribution in [0.5, 0.6) is 0 Å². The van der Waals surface area contributed by atoms with Crippen LogP contribution in [0.3, 0.4) is 0 Å². The lowest BCUT2D eigenvalue weighted by Gasteiger charge is -2.13. The molecule has 0 aliphatic carbocycles. The molecule has 1 saturated heterocycles. The monoisotopic (exact) mass is 448 g/mol. The number of nitrogens with zero attached hydrogens (tertiary/aromatic N) is 1. The van der Waals surface area contributed by atoms with Gasteiger partial charge in [0.1, 0.15) is 0 Å². The number of para-hydroxylation sites is 1. The van der Waals surface area contributed by atoms with E-state index < -0.39 is 0 Å². The lowest BCUT2D eigenvalue weighted by Crippen LogP contribution is -2.27. The van der Waals surface area contributed by atoms with E-state index in [9.17, 15) is 14.4 Å². The third-order valence-electron chi connectivity index (χ3n) is 4.65. The predicted octanol–water partition coefficient (Wildman–Crippen LogP) is 5.83. The topological polar surface area (TPSA) is 66.5 Å². The fourth-order valence-electron chi connectivity index (χ4n) is 3.04. The predicted molar refractivity (Wildman–Crippen MR) is 124 cm³/mol. The van der Waals surface area contributed by atoms with Gasteiger partial charge in [0.05, 0.1) is 11.4 Å². The first-order valence-corrected chi connectivity index (χ1v) is 10.7. The van der Waals surface area contributed by atoms with E-state index in [4.69, 9.17) is 11.6 Å². The van der Waals surface area contributed by atoms with Crippen LogP contribution in [0, 0.1) is 0 Å². The molecule has 0 atom stereocenters. The summed E-state index contributed by atoms with van der Waals surface area (Å²) in [5.41, 5.74) is 2.63. The van der Waals surface area contributed by atoms with Gasteiger partial charge in [-0.05, 0) is 59.3 Å². The lowest BCUT2D eigenvalue weighted by atomic mass is 10.1. The number of hydrogen-bond donors (Lipinski definition) is 1. The van der Waals surface area contributed by atoms with Crippen molar-refractivity contribution in [3.8, 4) is 0 Å². The number of carbonyl (C=O) groups excluding carboxylic acids is 3. The Kier molecular flexibility index (Phi) is 6.21. The van der Waals surface area contributed by atoms with Crippen LogP contribution >= 0.6 is 23.4 Å². The lowest BCUT2D eigenvalue weighted by molar-refractivity contribution is -0.123. The zero-order valence-corrected chi connectivity index (χ0v) is 17.8. The highest BCUT2D eigenvalue weighted by atomic mass is 35.5. The molecule has 31 heavy (non-hydrogen) atoms. The van der Waals surface area contributed by atoms with Gasteiger partial charge in [-0.15, -0.1) is 0 Å². The van der Waals surface area contributed by atoms with Gasteiger partial charge in [0.15, 0.2) is 0 Å². The summed E-state index contributed by atoms with van der Waals surface area (Å²) in [4.78, 5) is 39.0. The number of imide groups is 1. The van der Waals surface area contributed by atoms with Crippen LogP contribution < -0.4 is 5.32 Å². The number of amides is 3. The molecule has 4 rings (SSSR count). The van der Waals surface area contributed by atoms with Gasteiger partial charge >= 0.3 is 0 Å². The van der Waals surface area contributed by atoms with E-state index in [1.807, 2.05) is 36.4 Å². The highest BCUT2D eigenvalue weighted by Crippen LogP contribution is 2.34. The minimum absolute atomic E-state index is 0.130. The zero-order chi connectivity index (χ0) is 21.8. The average Bonchev–Trinajstić information content (AvgIpc) is 3.04. The van der Waals surface area contributed by atoms with Crippen LogP contribution in [0.4, 0.5) is 10.5 Å². The van der Waals surface area contributed by atoms with Crippen LogP contribution in [0.1, 0.15) is 21.5 Å². The summed E-state index contributed by atoms with van der Waals surface area (Å²) in [5.74, 6) is -0.590. The van der Waals surface area contributed by atoms with Crippen molar-refractivity contribution in [3.63, 3.8) is 0 Å². The first-order valence-electron chi connectivity index (χ1n) is 9.46. The first kappa shape index (κ1) is 20.9. The molecule has 3 amide bonds. The number of nitrogens with one attached hydrogen (secondary N) is 1. The van der Waals surface area contributed by atoms with Gasteiger partial charge in [-0.3, -0.25) is 19.3 Å². The van der Waals surface area contributed by atoms with Crippen molar-refractivity contribution in [2.45, 2.75) is 6.54 Å². The van der Waals surface area contributed by atoms with Crippen molar-refractivity contribution in [1.82, 2.24) is 4.90 Å². The first-order chi connectivity index (χ1) is 15.0. The Morgan fingerprint density at radius 2 is 1.61 bits per heavy atom. The van der Waals surface area contributed by atoms with E-state index >= 15 is 0 Å². The summed E-state index contributed by atoms with van der Waals surface area (Å²) in [6, 6.07) is 23.1. The maximum atomic E-state index is 12.7. The Bertz CT molecular complexity index is 1180. The van der Waals surface area contributed by atoms with Crippen LogP contribution in [0.25, 0.3) is 6.08 Å². The molecule has 1 aliphatic rings. The molecule has 1 fully saturated rings. The quantitative estimate of drug-likeness (QED) is 0.499. The summed E-state index contributed by atoms with van der Waals surface area (Å²) < 4.78 is 0. The summed E-state index contributed by atoms with van der Waals surface area (Å²) in [6.07, 6.45) is 1.63. The van der Waals surface area contributed by atoms with E-state index in [-0.39, 0.29) is 23.6 Å². The average molecular weight is 449 g/mol. The Morgan fingerprint density at radius 1 is 0.935 bits per heavy atom. The van der Waals surface area contributed by atoms with E-state index in [0.717, 1.165) is 17.3 Å². The van der Waals surface area contributed by atoms with E-state index in [1.54, 1.807) is 48.5 Å². The third kappa shape index (κ3) is 4.87. The molecular weight excluding hydrogens is 432 g/mol. The maximum absolute atomic E-state index is 12.7. The summed E-state index contributed by atoms with van der Waals surface area (Å²) >= 11 is 7.04. The number of carbonyl (C=O) groups is 3. The molecule has 0 unspecified atom stereocenters. The fraction of sp³-hybridized carbons (Fsp3) is 0.0417. The molecule has 1 heterocycles. The van der Waals surface area contributed by atoms with Crippen molar-refractivity contribution in [1.29, 1.82) is 0 Å². The SMILES string of the molecule is O=C(Nc1ccccc1)c1ccc(CN2C(=O)S/C(=C\c3ccccc3Cl)C2=O)cc1. The number of thioether (sulfide) groups is 1. The van der Waals surface area contributed by atoms with E-state index in [2.05, 4.69) is 5.32 Å². The smallest absolute Gasteiger partial charge is 0.293 e. The molecule has 0 saturated carbocycles. The van der Waals surface area contributed by atoms with Crippen molar-refractivity contribution in [2.24, 2.45) is 0 Å². The summed E-state index contributed by atoms with van der Waals surface area (Å²) in [5, 5.41) is 2.99. The molecule has 5 nitrogen and oxygen atoms in total. The van der Waals surface area contributed by atoms with Crippen LogP contribution in [0.15, 0.2) is 83.8 Å². The standard InChI is InChI=1S/C24H17ClN2O3S/c25-20-9-5-4-6-18(20)14-21-23(29)27(24(30)31-21)15-16-10-12-17(13-11-16)22(28)26-19-7-2-1-3-8-19/h1-14H,15H2,(H,26,28)/b21-14-. The molecule has 0 radical (unpaired) electrons. The van der Waals surface area contributed by atoms with Gasteiger partial charge in [-0.25, -0.2) is 0 Å². The molecule has 0 spiro atoms. The van der Waals surface area contributed by atoms with Crippen LogP contribution in [-0.4, -0.2) is 22.0 Å².